The van der Waals surface area contributed by atoms with Gasteiger partial charge in [-0.25, -0.2) is 0 Å². The highest BCUT2D eigenvalue weighted by molar-refractivity contribution is 5.92. The predicted octanol–water partition coefficient (Wildman–Crippen LogP) is 1.86. The highest BCUT2D eigenvalue weighted by Gasteiger charge is 2.08. The summed E-state index contributed by atoms with van der Waals surface area (Å²) in [5, 5.41) is 18.7. The molecule has 94 valence electrons. The second kappa shape index (κ2) is 5.35. The molecule has 0 fully saturated rings. The van der Waals surface area contributed by atoms with E-state index in [1.165, 1.54) is 0 Å². The lowest BCUT2D eigenvalue weighted by atomic mass is 10.1. The van der Waals surface area contributed by atoms with Crippen molar-refractivity contribution in [3.63, 3.8) is 0 Å². The average molecular weight is 245 g/mol. The molecule has 0 aliphatic carbocycles. The zero-order valence-corrected chi connectivity index (χ0v) is 10.1. The first kappa shape index (κ1) is 12.2. The van der Waals surface area contributed by atoms with Gasteiger partial charge < -0.3 is 10.4 Å². The Kier molecular flexibility index (Phi) is 3.62. The number of aromatic amines is 1. The fourth-order valence-corrected chi connectivity index (χ4v) is 1.72. The van der Waals surface area contributed by atoms with Crippen molar-refractivity contribution >= 4 is 11.7 Å². The summed E-state index contributed by atoms with van der Waals surface area (Å²) in [6.45, 7) is 2.00. The third-order valence-electron chi connectivity index (χ3n) is 2.64. The van der Waals surface area contributed by atoms with Crippen LogP contribution in [0, 0.1) is 0 Å². The van der Waals surface area contributed by atoms with Gasteiger partial charge in [0.1, 0.15) is 11.6 Å². The summed E-state index contributed by atoms with van der Waals surface area (Å²) < 4.78 is 0. The number of H-pyrrole nitrogens is 1. The quantitative estimate of drug-likeness (QED) is 0.769. The molecule has 18 heavy (non-hydrogen) atoms. The number of hydrogen-bond acceptors (Lipinski definition) is 3. The minimum absolute atomic E-state index is 0.139. The second-order valence-electron chi connectivity index (χ2n) is 4.02. The Labute approximate surface area is 105 Å². The average Bonchev–Trinajstić information content (AvgIpc) is 2.76. The number of hydrogen-bond donors (Lipinski definition) is 3. The van der Waals surface area contributed by atoms with E-state index in [0.717, 1.165) is 17.5 Å². The molecule has 0 spiro atoms. The van der Waals surface area contributed by atoms with Crippen LogP contribution in [0.3, 0.4) is 0 Å². The third-order valence-corrected chi connectivity index (χ3v) is 2.64. The van der Waals surface area contributed by atoms with Gasteiger partial charge in [-0.1, -0.05) is 19.1 Å². The smallest absolute Gasteiger partial charge is 0.229 e. The number of amides is 1. The first-order valence-electron chi connectivity index (χ1n) is 5.79. The fourth-order valence-electron chi connectivity index (χ4n) is 1.72. The van der Waals surface area contributed by atoms with Crippen molar-refractivity contribution in [2.24, 2.45) is 0 Å². The van der Waals surface area contributed by atoms with E-state index >= 15 is 0 Å². The monoisotopic (exact) mass is 245 g/mol. The Bertz CT molecular complexity index is 549. The van der Waals surface area contributed by atoms with Crippen molar-refractivity contribution < 1.29 is 9.90 Å². The summed E-state index contributed by atoms with van der Waals surface area (Å²) in [6, 6.07) is 6.66. The molecule has 1 aromatic carbocycles. The molecule has 3 N–H and O–H groups in total. The van der Waals surface area contributed by atoms with Gasteiger partial charge in [-0.2, -0.15) is 5.10 Å². The molecule has 0 radical (unpaired) electrons. The summed E-state index contributed by atoms with van der Waals surface area (Å²) in [5.74, 6) is 0.665. The molecule has 5 nitrogen and oxygen atoms in total. The minimum atomic E-state index is -0.139. The number of phenolic OH excluding ortho intramolecular Hbond substituents is 1. The number of carbonyl (C=O) groups is 1. The molecular weight excluding hydrogens is 230 g/mol. The Hall–Kier alpha value is -2.30. The van der Waals surface area contributed by atoms with Crippen LogP contribution in [-0.2, 0) is 17.6 Å². The van der Waals surface area contributed by atoms with Crippen LogP contribution < -0.4 is 5.32 Å². The minimum Gasteiger partial charge on any atom is -0.508 e. The molecule has 2 aromatic rings. The van der Waals surface area contributed by atoms with Crippen molar-refractivity contribution in [2.45, 2.75) is 19.8 Å². The number of nitrogens with zero attached hydrogens (tertiary/aromatic N) is 1. The van der Waals surface area contributed by atoms with Crippen LogP contribution in [0.15, 0.2) is 30.5 Å². The van der Waals surface area contributed by atoms with E-state index in [1.54, 1.807) is 30.5 Å². The zero-order chi connectivity index (χ0) is 13.0. The Morgan fingerprint density at radius 2 is 2.33 bits per heavy atom. The van der Waals surface area contributed by atoms with Gasteiger partial charge >= 0.3 is 0 Å². The molecule has 1 heterocycles. The Morgan fingerprint density at radius 1 is 1.50 bits per heavy atom. The topological polar surface area (TPSA) is 78.0 Å². The number of phenols is 1. The van der Waals surface area contributed by atoms with Gasteiger partial charge in [0, 0.05) is 5.56 Å². The number of benzene rings is 1. The van der Waals surface area contributed by atoms with Gasteiger partial charge in [0.05, 0.1) is 12.6 Å². The first-order chi connectivity index (χ1) is 8.69. The summed E-state index contributed by atoms with van der Waals surface area (Å²) in [4.78, 5) is 11.8. The number of carbonyl (C=O) groups excluding carboxylic acids is 1. The van der Waals surface area contributed by atoms with E-state index in [0.29, 0.717) is 5.82 Å². The van der Waals surface area contributed by atoms with Crippen LogP contribution >= 0.6 is 0 Å². The molecule has 1 amide bonds. The normalized spacial score (nSPS) is 10.3. The maximum Gasteiger partial charge on any atom is 0.229 e. The number of aromatic hydroxyl groups is 1. The molecule has 5 heteroatoms. The van der Waals surface area contributed by atoms with Crippen molar-refractivity contribution in [3.8, 4) is 5.75 Å². The lowest BCUT2D eigenvalue weighted by molar-refractivity contribution is -0.115. The summed E-state index contributed by atoms with van der Waals surface area (Å²) in [5.41, 5.74) is 1.74. The van der Waals surface area contributed by atoms with Crippen molar-refractivity contribution in [1.82, 2.24) is 10.2 Å². The van der Waals surface area contributed by atoms with Gasteiger partial charge in [-0.15, -0.1) is 0 Å². The number of nitrogens with one attached hydrogen (secondary N) is 2. The standard InChI is InChI=1S/C13H15N3O2/c1-2-10-8-14-16-13(10)15-12(18)7-9-4-3-5-11(17)6-9/h3-6,8,17H,2,7H2,1H3,(H2,14,15,16,18). The number of anilines is 1. The highest BCUT2D eigenvalue weighted by Crippen LogP contribution is 2.14. The molecule has 0 aliphatic heterocycles. The van der Waals surface area contributed by atoms with Crippen LogP contribution in [0.25, 0.3) is 0 Å². The molecule has 2 rings (SSSR count). The number of rotatable bonds is 4. The molecule has 0 bridgehead atoms. The molecule has 0 saturated carbocycles. The summed E-state index contributed by atoms with van der Waals surface area (Å²) >= 11 is 0. The van der Waals surface area contributed by atoms with E-state index < -0.39 is 0 Å². The molecule has 0 aliphatic rings. The van der Waals surface area contributed by atoms with Gasteiger partial charge in [-0.05, 0) is 24.1 Å². The van der Waals surface area contributed by atoms with Gasteiger partial charge in [-0.3, -0.25) is 9.89 Å². The predicted molar refractivity (Wildman–Crippen MR) is 68.4 cm³/mol. The maximum atomic E-state index is 11.8. The van der Waals surface area contributed by atoms with E-state index in [1.807, 2.05) is 6.92 Å². The van der Waals surface area contributed by atoms with Crippen LogP contribution in [0.2, 0.25) is 0 Å². The van der Waals surface area contributed by atoms with Crippen LogP contribution in [0.1, 0.15) is 18.1 Å². The lowest BCUT2D eigenvalue weighted by Gasteiger charge is -2.05. The van der Waals surface area contributed by atoms with Crippen LogP contribution in [-0.4, -0.2) is 21.2 Å². The fraction of sp³-hybridized carbons (Fsp3) is 0.231. The Balaban J connectivity index is 2.01. The van der Waals surface area contributed by atoms with E-state index in [9.17, 15) is 9.90 Å². The summed E-state index contributed by atoms with van der Waals surface area (Å²) in [6.07, 6.45) is 2.72. The van der Waals surface area contributed by atoms with E-state index in [-0.39, 0.29) is 18.1 Å². The van der Waals surface area contributed by atoms with Crippen molar-refractivity contribution in [1.29, 1.82) is 0 Å². The Morgan fingerprint density at radius 3 is 3.06 bits per heavy atom. The number of aryl methyl sites for hydroxylation is 1. The molecule has 1 aromatic heterocycles. The maximum absolute atomic E-state index is 11.8. The first-order valence-corrected chi connectivity index (χ1v) is 5.79. The molecule has 0 saturated heterocycles. The van der Waals surface area contributed by atoms with Gasteiger partial charge in [0.2, 0.25) is 5.91 Å². The second-order valence-corrected chi connectivity index (χ2v) is 4.02. The van der Waals surface area contributed by atoms with Crippen molar-refractivity contribution in [3.05, 3.63) is 41.6 Å². The van der Waals surface area contributed by atoms with E-state index in [4.69, 9.17) is 0 Å². The SMILES string of the molecule is CCc1cn[nH]c1NC(=O)Cc1cccc(O)c1. The summed E-state index contributed by atoms with van der Waals surface area (Å²) in [7, 11) is 0. The highest BCUT2D eigenvalue weighted by atomic mass is 16.3. The molecular formula is C13H15N3O2. The molecule has 0 atom stereocenters. The van der Waals surface area contributed by atoms with E-state index in [2.05, 4.69) is 15.5 Å². The lowest BCUT2D eigenvalue weighted by Crippen LogP contribution is -2.15. The zero-order valence-electron chi connectivity index (χ0n) is 10.1. The third kappa shape index (κ3) is 2.88. The van der Waals surface area contributed by atoms with Gasteiger partial charge in [0.15, 0.2) is 0 Å². The van der Waals surface area contributed by atoms with Crippen LogP contribution in [0.4, 0.5) is 5.82 Å². The largest absolute Gasteiger partial charge is 0.508 e. The molecule has 0 unspecified atom stereocenters. The number of aromatic nitrogens is 2. The van der Waals surface area contributed by atoms with Gasteiger partial charge in [0.25, 0.3) is 0 Å². The van der Waals surface area contributed by atoms with Crippen LogP contribution in [0.5, 0.6) is 5.75 Å². The van der Waals surface area contributed by atoms with Crippen molar-refractivity contribution in [2.75, 3.05) is 5.32 Å².